The molecule has 1 aliphatic carbocycles. The average Bonchev–Trinajstić information content (AvgIpc) is 3.00. The first-order valence-corrected chi connectivity index (χ1v) is 6.32. The summed E-state index contributed by atoms with van der Waals surface area (Å²) in [5.41, 5.74) is 6.71. The van der Waals surface area contributed by atoms with Crippen molar-refractivity contribution in [2.45, 2.75) is 25.4 Å². The number of rotatable bonds is 3. The van der Waals surface area contributed by atoms with Crippen LogP contribution in [0.5, 0.6) is 0 Å². The molecule has 0 radical (unpaired) electrons. The van der Waals surface area contributed by atoms with Crippen molar-refractivity contribution in [2.24, 2.45) is 10.7 Å². The van der Waals surface area contributed by atoms with Gasteiger partial charge in [-0.2, -0.15) is 0 Å². The second-order valence-electron chi connectivity index (χ2n) is 3.86. The highest BCUT2D eigenvalue weighted by molar-refractivity contribution is 14.0. The van der Waals surface area contributed by atoms with Crippen LogP contribution in [0.15, 0.2) is 27.7 Å². The molecule has 1 aromatic rings. The first kappa shape index (κ1) is 15.0. The number of guanidine groups is 1. The minimum absolute atomic E-state index is 0. The summed E-state index contributed by atoms with van der Waals surface area (Å²) < 4.78 is 0.967. The maximum Gasteiger partial charge on any atom is 0.189 e. The van der Waals surface area contributed by atoms with Crippen LogP contribution in [0, 0.1) is 0 Å². The van der Waals surface area contributed by atoms with Crippen molar-refractivity contribution in [3.8, 4) is 0 Å². The van der Waals surface area contributed by atoms with E-state index in [-0.39, 0.29) is 24.0 Å². The standard InChI is InChI=1S/C11H13BrClN3.HI/c12-8-2-1-7(10(13)5-8)6-15-11(14)16-9-3-4-9;/h1-2,5,9H,3-4,6H2,(H3,14,15,16);1H. The molecule has 0 atom stereocenters. The summed E-state index contributed by atoms with van der Waals surface area (Å²) in [6.07, 6.45) is 2.38. The minimum Gasteiger partial charge on any atom is -0.370 e. The zero-order valence-corrected chi connectivity index (χ0v) is 13.8. The quantitative estimate of drug-likeness (QED) is 0.439. The molecule has 3 N–H and O–H groups in total. The van der Waals surface area contributed by atoms with Crippen LogP contribution in [0.2, 0.25) is 5.02 Å². The smallest absolute Gasteiger partial charge is 0.189 e. The van der Waals surface area contributed by atoms with Crippen LogP contribution in [0.1, 0.15) is 18.4 Å². The van der Waals surface area contributed by atoms with Gasteiger partial charge in [-0.05, 0) is 30.5 Å². The van der Waals surface area contributed by atoms with Gasteiger partial charge in [0.1, 0.15) is 0 Å². The van der Waals surface area contributed by atoms with E-state index in [1.807, 2.05) is 18.2 Å². The Bertz CT molecular complexity index is 421. The maximum atomic E-state index is 6.07. The van der Waals surface area contributed by atoms with E-state index in [2.05, 4.69) is 26.2 Å². The molecular weight excluding hydrogens is 416 g/mol. The molecule has 0 amide bonds. The third-order valence-electron chi connectivity index (χ3n) is 2.36. The molecule has 17 heavy (non-hydrogen) atoms. The van der Waals surface area contributed by atoms with Gasteiger partial charge in [-0.3, -0.25) is 0 Å². The molecule has 6 heteroatoms. The van der Waals surface area contributed by atoms with Crippen molar-refractivity contribution in [1.82, 2.24) is 5.32 Å². The van der Waals surface area contributed by atoms with E-state index in [1.54, 1.807) is 0 Å². The molecule has 3 nitrogen and oxygen atoms in total. The van der Waals surface area contributed by atoms with E-state index >= 15 is 0 Å². The fourth-order valence-corrected chi connectivity index (χ4v) is 2.04. The highest BCUT2D eigenvalue weighted by atomic mass is 127. The van der Waals surface area contributed by atoms with Crippen molar-refractivity contribution in [3.63, 3.8) is 0 Å². The predicted molar refractivity (Wildman–Crippen MR) is 86.1 cm³/mol. The number of nitrogens with two attached hydrogens (primary N) is 1. The van der Waals surface area contributed by atoms with Gasteiger partial charge < -0.3 is 11.1 Å². The Morgan fingerprint density at radius 3 is 2.82 bits per heavy atom. The van der Waals surface area contributed by atoms with Crippen LogP contribution in [0.25, 0.3) is 0 Å². The number of aliphatic imine (C=N–C) groups is 1. The van der Waals surface area contributed by atoms with Crippen LogP contribution in [-0.2, 0) is 6.54 Å². The molecule has 2 rings (SSSR count). The normalized spacial score (nSPS) is 15.3. The largest absolute Gasteiger partial charge is 0.370 e. The van der Waals surface area contributed by atoms with Crippen LogP contribution >= 0.6 is 51.5 Å². The van der Waals surface area contributed by atoms with E-state index in [4.69, 9.17) is 17.3 Å². The third-order valence-corrected chi connectivity index (χ3v) is 3.21. The first-order chi connectivity index (χ1) is 7.65. The van der Waals surface area contributed by atoms with Crippen molar-refractivity contribution in [2.75, 3.05) is 0 Å². The first-order valence-electron chi connectivity index (χ1n) is 5.15. The third kappa shape index (κ3) is 5.01. The predicted octanol–water partition coefficient (Wildman–Crippen LogP) is 3.29. The molecule has 0 aliphatic heterocycles. The van der Waals surface area contributed by atoms with Crippen molar-refractivity contribution in [3.05, 3.63) is 33.3 Å². The fraction of sp³-hybridized carbons (Fsp3) is 0.364. The number of hydrogen-bond acceptors (Lipinski definition) is 1. The lowest BCUT2D eigenvalue weighted by atomic mass is 10.2. The van der Waals surface area contributed by atoms with Gasteiger partial charge in [0.25, 0.3) is 0 Å². The van der Waals surface area contributed by atoms with E-state index in [9.17, 15) is 0 Å². The lowest BCUT2D eigenvalue weighted by Crippen LogP contribution is -2.33. The van der Waals surface area contributed by atoms with Gasteiger partial charge in [0, 0.05) is 15.5 Å². The zero-order chi connectivity index (χ0) is 11.5. The van der Waals surface area contributed by atoms with E-state index < -0.39 is 0 Å². The molecule has 0 unspecified atom stereocenters. The Morgan fingerprint density at radius 2 is 2.24 bits per heavy atom. The Kier molecular flexibility index (Phi) is 6.02. The van der Waals surface area contributed by atoms with Crippen molar-refractivity contribution in [1.29, 1.82) is 0 Å². The Morgan fingerprint density at radius 1 is 1.53 bits per heavy atom. The second kappa shape index (κ2) is 6.80. The Balaban J connectivity index is 0.00000144. The molecule has 0 spiro atoms. The van der Waals surface area contributed by atoms with Crippen LogP contribution in [0.3, 0.4) is 0 Å². The Hall–Kier alpha value is -0.0100. The summed E-state index contributed by atoms with van der Waals surface area (Å²) >= 11 is 9.43. The summed E-state index contributed by atoms with van der Waals surface area (Å²) in [4.78, 5) is 4.25. The van der Waals surface area contributed by atoms with Gasteiger partial charge in [-0.15, -0.1) is 24.0 Å². The topological polar surface area (TPSA) is 50.4 Å². The van der Waals surface area contributed by atoms with E-state index in [1.165, 1.54) is 12.8 Å². The molecule has 94 valence electrons. The minimum atomic E-state index is 0. The van der Waals surface area contributed by atoms with Crippen LogP contribution in [0.4, 0.5) is 0 Å². The second-order valence-corrected chi connectivity index (χ2v) is 5.18. The number of halogens is 3. The molecule has 0 bridgehead atoms. The number of hydrogen-bond donors (Lipinski definition) is 2. The van der Waals surface area contributed by atoms with Gasteiger partial charge in [-0.25, -0.2) is 4.99 Å². The number of nitrogens with zero attached hydrogens (tertiary/aromatic N) is 1. The monoisotopic (exact) mass is 429 g/mol. The van der Waals surface area contributed by atoms with Gasteiger partial charge >= 0.3 is 0 Å². The lowest BCUT2D eigenvalue weighted by Gasteiger charge is -2.04. The van der Waals surface area contributed by atoms with Gasteiger partial charge in [0.05, 0.1) is 6.54 Å². The van der Waals surface area contributed by atoms with E-state index in [0.29, 0.717) is 23.6 Å². The molecule has 0 heterocycles. The van der Waals surface area contributed by atoms with Gasteiger partial charge in [0.2, 0.25) is 0 Å². The molecule has 1 fully saturated rings. The fourth-order valence-electron chi connectivity index (χ4n) is 1.30. The van der Waals surface area contributed by atoms with Gasteiger partial charge in [0.15, 0.2) is 5.96 Å². The van der Waals surface area contributed by atoms with Crippen LogP contribution in [-0.4, -0.2) is 12.0 Å². The molecule has 0 saturated heterocycles. The summed E-state index contributed by atoms with van der Waals surface area (Å²) in [7, 11) is 0. The average molecular weight is 431 g/mol. The zero-order valence-electron chi connectivity index (χ0n) is 9.12. The summed E-state index contributed by atoms with van der Waals surface area (Å²) in [6, 6.07) is 6.28. The molecule has 1 aliphatic rings. The van der Waals surface area contributed by atoms with Crippen LogP contribution < -0.4 is 11.1 Å². The highest BCUT2D eigenvalue weighted by Gasteiger charge is 2.21. The number of nitrogens with one attached hydrogen (secondary N) is 1. The summed E-state index contributed by atoms with van der Waals surface area (Å²) in [5, 5.41) is 3.84. The van der Waals surface area contributed by atoms with E-state index in [0.717, 1.165) is 10.0 Å². The molecule has 0 aromatic heterocycles. The molecule has 1 aromatic carbocycles. The van der Waals surface area contributed by atoms with Gasteiger partial charge in [-0.1, -0.05) is 33.6 Å². The van der Waals surface area contributed by atoms with Crippen molar-refractivity contribution >= 4 is 57.5 Å². The SMILES string of the molecule is I.NC(=NCc1ccc(Br)cc1Cl)NC1CC1. The summed E-state index contributed by atoms with van der Waals surface area (Å²) in [5.74, 6) is 0.501. The highest BCUT2D eigenvalue weighted by Crippen LogP contribution is 2.22. The molecular formula is C11H14BrClIN3. The Labute approximate surface area is 131 Å². The molecule has 1 saturated carbocycles. The lowest BCUT2D eigenvalue weighted by molar-refractivity contribution is 0.879. The maximum absolute atomic E-state index is 6.07. The number of benzene rings is 1. The summed E-state index contributed by atoms with van der Waals surface area (Å²) in [6.45, 7) is 0.512. The van der Waals surface area contributed by atoms with Crippen molar-refractivity contribution < 1.29 is 0 Å².